The maximum Gasteiger partial charge on any atom is 0.250 e. The summed E-state index contributed by atoms with van der Waals surface area (Å²) in [6.45, 7) is 2.54. The first-order valence-electron chi connectivity index (χ1n) is 9.58. The highest BCUT2D eigenvalue weighted by Gasteiger charge is 2.16. The van der Waals surface area contributed by atoms with Crippen LogP contribution in [0, 0.1) is 5.95 Å². The summed E-state index contributed by atoms with van der Waals surface area (Å²) in [5.41, 5.74) is 8.19. The number of halogens is 1. The summed E-state index contributed by atoms with van der Waals surface area (Å²) >= 11 is 1.51. The minimum atomic E-state index is -0.495. The van der Waals surface area contributed by atoms with Crippen LogP contribution in [-0.2, 0) is 7.05 Å². The third-order valence-electron chi connectivity index (χ3n) is 5.26. The second kappa shape index (κ2) is 8.33. The molecule has 1 aromatic carbocycles. The zero-order chi connectivity index (χ0) is 21.3. The fourth-order valence-electron chi connectivity index (χ4n) is 3.23. The lowest BCUT2D eigenvalue weighted by molar-refractivity contribution is 0.586. The summed E-state index contributed by atoms with van der Waals surface area (Å²) in [4.78, 5) is 20.9. The van der Waals surface area contributed by atoms with Crippen LogP contribution in [0.2, 0.25) is 0 Å². The first-order valence-corrected chi connectivity index (χ1v) is 10.4. The largest absolute Gasteiger partial charge is 0.360 e. The molecule has 3 N–H and O–H groups in total. The summed E-state index contributed by atoms with van der Waals surface area (Å²) in [5, 5.41) is 5.73. The van der Waals surface area contributed by atoms with Gasteiger partial charge in [-0.05, 0) is 34.6 Å². The SMILES string of the molecule is CC(c1ccn(C)c(=O)c1)C(N)CNc1ncc(-c2ccc3cnc(F)cc3c2)s1. The van der Waals surface area contributed by atoms with Crippen molar-refractivity contribution in [2.75, 3.05) is 11.9 Å². The van der Waals surface area contributed by atoms with Crippen molar-refractivity contribution in [2.45, 2.75) is 18.9 Å². The molecular formula is C22H22FN5OS. The summed E-state index contributed by atoms with van der Waals surface area (Å²) in [6.07, 6.45) is 5.08. The van der Waals surface area contributed by atoms with Crippen molar-refractivity contribution < 1.29 is 4.39 Å². The molecule has 0 saturated heterocycles. The van der Waals surface area contributed by atoms with Gasteiger partial charge in [-0.15, -0.1) is 0 Å². The monoisotopic (exact) mass is 423 g/mol. The van der Waals surface area contributed by atoms with Gasteiger partial charge in [0.1, 0.15) is 0 Å². The number of anilines is 1. The van der Waals surface area contributed by atoms with Gasteiger partial charge in [-0.1, -0.05) is 30.4 Å². The summed E-state index contributed by atoms with van der Waals surface area (Å²) in [7, 11) is 1.72. The van der Waals surface area contributed by atoms with Crippen molar-refractivity contribution in [2.24, 2.45) is 12.8 Å². The average Bonchev–Trinajstić information content (AvgIpc) is 3.22. The zero-order valence-electron chi connectivity index (χ0n) is 16.7. The zero-order valence-corrected chi connectivity index (χ0v) is 17.5. The summed E-state index contributed by atoms with van der Waals surface area (Å²) < 4.78 is 15.0. The minimum Gasteiger partial charge on any atom is -0.360 e. The van der Waals surface area contributed by atoms with E-state index in [-0.39, 0.29) is 17.5 Å². The molecule has 0 radical (unpaired) electrons. The molecule has 2 atom stereocenters. The number of pyridine rings is 2. The van der Waals surface area contributed by atoms with Gasteiger partial charge in [0.25, 0.3) is 5.56 Å². The van der Waals surface area contributed by atoms with Gasteiger partial charge in [0, 0.05) is 55.7 Å². The van der Waals surface area contributed by atoms with Crippen molar-refractivity contribution in [1.82, 2.24) is 14.5 Å². The second-order valence-corrected chi connectivity index (χ2v) is 8.37. The summed E-state index contributed by atoms with van der Waals surface area (Å²) in [5.74, 6) is -0.472. The second-order valence-electron chi connectivity index (χ2n) is 7.34. The number of aryl methyl sites for hydroxylation is 1. The van der Waals surface area contributed by atoms with Crippen LogP contribution in [0.25, 0.3) is 21.2 Å². The Kier molecular flexibility index (Phi) is 5.61. The molecule has 0 fully saturated rings. The lowest BCUT2D eigenvalue weighted by Gasteiger charge is -2.20. The Morgan fingerprint density at radius 2 is 2.00 bits per heavy atom. The van der Waals surface area contributed by atoms with Crippen LogP contribution in [-0.4, -0.2) is 27.1 Å². The number of rotatable bonds is 6. The van der Waals surface area contributed by atoms with Crippen LogP contribution in [0.15, 0.2) is 59.8 Å². The van der Waals surface area contributed by atoms with E-state index in [1.807, 2.05) is 31.2 Å². The van der Waals surface area contributed by atoms with Crippen LogP contribution in [0.1, 0.15) is 18.4 Å². The molecule has 4 rings (SSSR count). The van der Waals surface area contributed by atoms with Crippen molar-refractivity contribution in [3.8, 4) is 10.4 Å². The Morgan fingerprint density at radius 3 is 2.80 bits per heavy atom. The lowest BCUT2D eigenvalue weighted by atomic mass is 9.95. The Morgan fingerprint density at radius 1 is 1.17 bits per heavy atom. The molecule has 3 heterocycles. The van der Waals surface area contributed by atoms with Crippen LogP contribution in [0.4, 0.5) is 9.52 Å². The summed E-state index contributed by atoms with van der Waals surface area (Å²) in [6, 6.07) is 10.6. The Balaban J connectivity index is 1.44. The predicted octanol–water partition coefficient (Wildman–Crippen LogP) is 3.74. The average molecular weight is 424 g/mol. The van der Waals surface area contributed by atoms with E-state index in [0.29, 0.717) is 6.54 Å². The number of thiazole rings is 1. The maximum absolute atomic E-state index is 13.4. The molecule has 6 nitrogen and oxygen atoms in total. The van der Waals surface area contributed by atoms with Gasteiger partial charge in [0.15, 0.2) is 5.13 Å². The van der Waals surface area contributed by atoms with Gasteiger partial charge < -0.3 is 15.6 Å². The Labute approximate surface area is 177 Å². The molecule has 3 aromatic heterocycles. The van der Waals surface area contributed by atoms with E-state index in [2.05, 4.69) is 15.3 Å². The molecule has 0 bridgehead atoms. The Hall–Kier alpha value is -3.10. The van der Waals surface area contributed by atoms with Gasteiger partial charge in [0.05, 0.1) is 4.88 Å². The number of nitrogens with one attached hydrogen (secondary N) is 1. The van der Waals surface area contributed by atoms with E-state index in [1.54, 1.807) is 25.5 Å². The quantitative estimate of drug-likeness (QED) is 0.462. The van der Waals surface area contributed by atoms with Gasteiger partial charge in [-0.25, -0.2) is 9.97 Å². The molecule has 30 heavy (non-hydrogen) atoms. The highest BCUT2D eigenvalue weighted by atomic mass is 32.1. The number of fused-ring (bicyclic) bond motifs is 1. The number of nitrogens with two attached hydrogens (primary N) is 1. The highest BCUT2D eigenvalue weighted by Crippen LogP contribution is 2.31. The van der Waals surface area contributed by atoms with Crippen LogP contribution in [0.5, 0.6) is 0 Å². The highest BCUT2D eigenvalue weighted by molar-refractivity contribution is 7.18. The van der Waals surface area contributed by atoms with Crippen molar-refractivity contribution in [3.63, 3.8) is 0 Å². The first-order chi connectivity index (χ1) is 14.4. The van der Waals surface area contributed by atoms with Crippen LogP contribution >= 0.6 is 11.3 Å². The maximum atomic E-state index is 13.4. The molecule has 0 amide bonds. The topological polar surface area (TPSA) is 85.8 Å². The molecular weight excluding hydrogens is 401 g/mol. The molecule has 2 unspecified atom stereocenters. The third kappa shape index (κ3) is 4.24. The van der Waals surface area contributed by atoms with Crippen molar-refractivity contribution in [1.29, 1.82) is 0 Å². The fourth-order valence-corrected chi connectivity index (χ4v) is 4.05. The molecule has 0 aliphatic carbocycles. The minimum absolute atomic E-state index is 0.0230. The molecule has 8 heteroatoms. The first kappa shape index (κ1) is 20.2. The van der Waals surface area contributed by atoms with Crippen molar-refractivity contribution >= 4 is 27.2 Å². The van der Waals surface area contributed by atoms with Gasteiger partial charge in [0.2, 0.25) is 5.95 Å². The van der Waals surface area contributed by atoms with E-state index >= 15 is 0 Å². The van der Waals surface area contributed by atoms with Crippen LogP contribution in [0.3, 0.4) is 0 Å². The lowest BCUT2D eigenvalue weighted by Crippen LogP contribution is -2.34. The third-order valence-corrected chi connectivity index (χ3v) is 6.27. The van der Waals surface area contributed by atoms with E-state index in [4.69, 9.17) is 5.73 Å². The van der Waals surface area contributed by atoms with E-state index in [9.17, 15) is 9.18 Å². The number of aromatic nitrogens is 3. The van der Waals surface area contributed by atoms with E-state index in [0.717, 1.165) is 31.9 Å². The molecule has 0 aliphatic rings. The molecule has 4 aromatic rings. The standard InChI is InChI=1S/C22H22FN5OS/c1-13(14-5-6-28(2)21(29)9-14)18(24)11-26-22-27-12-19(30-22)15-3-4-16-10-25-20(23)8-17(16)7-15/h3-10,12-13,18H,11,24H2,1-2H3,(H,26,27). The molecule has 0 saturated carbocycles. The van der Waals surface area contributed by atoms with Gasteiger partial charge in [-0.2, -0.15) is 4.39 Å². The normalized spacial score (nSPS) is 13.3. The van der Waals surface area contributed by atoms with Crippen molar-refractivity contribution in [3.05, 3.63) is 76.9 Å². The van der Waals surface area contributed by atoms with Crippen LogP contribution < -0.4 is 16.6 Å². The van der Waals surface area contributed by atoms with E-state index in [1.165, 1.54) is 28.2 Å². The van der Waals surface area contributed by atoms with E-state index < -0.39 is 5.95 Å². The Bertz CT molecular complexity index is 1250. The number of hydrogen-bond acceptors (Lipinski definition) is 6. The number of nitrogens with zero attached hydrogens (tertiary/aromatic N) is 3. The fraction of sp³-hybridized carbons (Fsp3) is 0.227. The molecule has 0 aliphatic heterocycles. The molecule has 154 valence electrons. The number of hydrogen-bond donors (Lipinski definition) is 2. The van der Waals surface area contributed by atoms with Gasteiger partial charge >= 0.3 is 0 Å². The predicted molar refractivity (Wildman–Crippen MR) is 119 cm³/mol. The van der Waals surface area contributed by atoms with Gasteiger partial charge in [-0.3, -0.25) is 4.79 Å². The molecule has 0 spiro atoms. The smallest absolute Gasteiger partial charge is 0.250 e. The number of benzene rings is 1.